The van der Waals surface area contributed by atoms with Gasteiger partial charge in [-0.3, -0.25) is 0 Å². The average molecular weight is 352 g/mol. The minimum Gasteiger partial charge on any atom is -0.310 e. The molecule has 6 heteroatoms. The third-order valence-electron chi connectivity index (χ3n) is 2.09. The normalized spacial score (nSPS) is 11.4. The molecule has 0 saturated carbocycles. The van der Waals surface area contributed by atoms with E-state index in [2.05, 4.69) is 40.1 Å². The Balaban J connectivity index is 2.12. The number of halogens is 2. The van der Waals surface area contributed by atoms with Gasteiger partial charge in [-0.1, -0.05) is 25.4 Å². The lowest BCUT2D eigenvalue weighted by atomic mass is 10.4. The fourth-order valence-corrected chi connectivity index (χ4v) is 3.88. The van der Waals surface area contributed by atoms with Crippen LogP contribution < -0.4 is 5.32 Å². The third-order valence-corrected chi connectivity index (χ3v) is 5.74. The molecule has 0 amide bonds. The van der Waals surface area contributed by atoms with Crippen LogP contribution in [-0.4, -0.2) is 11.0 Å². The van der Waals surface area contributed by atoms with E-state index in [0.717, 1.165) is 25.2 Å². The van der Waals surface area contributed by atoms with Gasteiger partial charge in [0.15, 0.2) is 0 Å². The van der Waals surface area contributed by atoms with Gasteiger partial charge >= 0.3 is 0 Å². The van der Waals surface area contributed by atoms with Gasteiger partial charge in [-0.25, -0.2) is 4.98 Å². The molecule has 0 fully saturated rings. The van der Waals surface area contributed by atoms with E-state index in [1.807, 2.05) is 12.3 Å². The first-order valence-corrected chi connectivity index (χ1v) is 8.00. The Labute approximate surface area is 122 Å². The summed E-state index contributed by atoms with van der Waals surface area (Å²) in [6, 6.07) is 2.51. The topological polar surface area (TPSA) is 24.9 Å². The van der Waals surface area contributed by atoms with Crippen molar-refractivity contribution in [3.05, 3.63) is 25.9 Å². The Morgan fingerprint density at radius 1 is 1.47 bits per heavy atom. The molecule has 2 rings (SSSR count). The zero-order valence-corrected chi connectivity index (χ0v) is 13.4. The summed E-state index contributed by atoms with van der Waals surface area (Å²) in [5, 5.41) is 4.41. The minimum atomic E-state index is 0.492. The SMILES string of the molecule is CC(C)NCc1cnc(-c2cc(Br)c(Cl)s2)s1. The zero-order chi connectivity index (χ0) is 12.4. The average Bonchev–Trinajstić information content (AvgIpc) is 2.84. The standard InChI is InChI=1S/C11H12BrClN2S2/c1-6(2)14-4-7-5-15-11(16-7)9-3-8(12)10(13)17-9/h3,5-6,14H,4H2,1-2H3. The van der Waals surface area contributed by atoms with E-state index in [1.165, 1.54) is 4.88 Å². The maximum absolute atomic E-state index is 6.02. The number of thiophene rings is 1. The summed E-state index contributed by atoms with van der Waals surface area (Å²) in [6.45, 7) is 5.14. The molecular weight excluding hydrogens is 340 g/mol. The van der Waals surface area contributed by atoms with Gasteiger partial charge in [0.25, 0.3) is 0 Å². The molecule has 0 unspecified atom stereocenters. The van der Waals surface area contributed by atoms with Crippen LogP contribution in [0.3, 0.4) is 0 Å². The van der Waals surface area contributed by atoms with E-state index < -0.39 is 0 Å². The van der Waals surface area contributed by atoms with Crippen LogP contribution in [0.25, 0.3) is 9.88 Å². The molecular formula is C11H12BrClN2S2. The molecule has 0 aromatic carbocycles. The second-order valence-corrected chi connectivity index (χ2v) is 7.52. The molecule has 0 spiro atoms. The summed E-state index contributed by atoms with van der Waals surface area (Å²) in [5.74, 6) is 0. The number of nitrogens with one attached hydrogen (secondary N) is 1. The van der Waals surface area contributed by atoms with Gasteiger partial charge in [-0.15, -0.1) is 22.7 Å². The molecule has 0 saturated heterocycles. The van der Waals surface area contributed by atoms with E-state index in [-0.39, 0.29) is 0 Å². The monoisotopic (exact) mass is 350 g/mol. The van der Waals surface area contributed by atoms with E-state index in [1.54, 1.807) is 22.7 Å². The zero-order valence-electron chi connectivity index (χ0n) is 9.46. The first-order valence-electron chi connectivity index (χ1n) is 5.19. The second kappa shape index (κ2) is 5.80. The Hall–Kier alpha value is 0.0600. The summed E-state index contributed by atoms with van der Waals surface area (Å²) < 4.78 is 1.72. The maximum Gasteiger partial charge on any atom is 0.133 e. The largest absolute Gasteiger partial charge is 0.310 e. The molecule has 0 aliphatic heterocycles. The van der Waals surface area contributed by atoms with Crippen LogP contribution in [-0.2, 0) is 6.54 Å². The van der Waals surface area contributed by atoms with Gasteiger partial charge in [0.05, 0.1) is 4.88 Å². The molecule has 2 aromatic rings. The molecule has 0 bridgehead atoms. The Morgan fingerprint density at radius 2 is 2.24 bits per heavy atom. The second-order valence-electron chi connectivity index (χ2n) is 3.90. The van der Waals surface area contributed by atoms with Gasteiger partial charge in [0.2, 0.25) is 0 Å². The molecule has 0 radical (unpaired) electrons. The highest BCUT2D eigenvalue weighted by molar-refractivity contribution is 9.10. The molecule has 2 heterocycles. The predicted octanol–water partition coefficient (Wildman–Crippen LogP) is 4.79. The van der Waals surface area contributed by atoms with Crippen LogP contribution in [0.1, 0.15) is 18.7 Å². The predicted molar refractivity (Wildman–Crippen MR) is 80.1 cm³/mol. The van der Waals surface area contributed by atoms with E-state index in [0.29, 0.717) is 6.04 Å². The molecule has 2 nitrogen and oxygen atoms in total. The van der Waals surface area contributed by atoms with Gasteiger partial charge in [-0.2, -0.15) is 0 Å². The molecule has 1 N–H and O–H groups in total. The lowest BCUT2D eigenvalue weighted by Crippen LogP contribution is -2.21. The lowest BCUT2D eigenvalue weighted by molar-refractivity contribution is 0.593. The van der Waals surface area contributed by atoms with Gasteiger partial charge in [0.1, 0.15) is 9.34 Å². The maximum atomic E-state index is 6.02. The van der Waals surface area contributed by atoms with Gasteiger partial charge < -0.3 is 5.32 Å². The van der Waals surface area contributed by atoms with Crippen molar-refractivity contribution in [1.29, 1.82) is 0 Å². The van der Waals surface area contributed by atoms with Crippen molar-refractivity contribution in [3.63, 3.8) is 0 Å². The molecule has 2 aromatic heterocycles. The van der Waals surface area contributed by atoms with Crippen molar-refractivity contribution >= 4 is 50.2 Å². The van der Waals surface area contributed by atoms with E-state index in [4.69, 9.17) is 11.6 Å². The fourth-order valence-electron chi connectivity index (χ4n) is 1.26. The first kappa shape index (κ1) is 13.5. The highest BCUT2D eigenvalue weighted by Gasteiger charge is 2.10. The van der Waals surface area contributed by atoms with E-state index >= 15 is 0 Å². The lowest BCUT2D eigenvalue weighted by Gasteiger charge is -2.04. The van der Waals surface area contributed by atoms with Gasteiger partial charge in [0, 0.05) is 28.1 Å². The third kappa shape index (κ3) is 3.51. The van der Waals surface area contributed by atoms with Crippen LogP contribution in [0.2, 0.25) is 4.34 Å². The number of hydrogen-bond donors (Lipinski definition) is 1. The Bertz CT molecular complexity index is 488. The van der Waals surface area contributed by atoms with Crippen molar-refractivity contribution in [2.45, 2.75) is 26.4 Å². The summed E-state index contributed by atoms with van der Waals surface area (Å²) >= 11 is 12.7. The molecule has 0 aliphatic rings. The molecule has 0 atom stereocenters. The number of rotatable bonds is 4. The molecule has 17 heavy (non-hydrogen) atoms. The van der Waals surface area contributed by atoms with Crippen LogP contribution in [0.4, 0.5) is 0 Å². The van der Waals surface area contributed by atoms with Crippen molar-refractivity contribution < 1.29 is 0 Å². The van der Waals surface area contributed by atoms with Crippen molar-refractivity contribution in [2.75, 3.05) is 0 Å². The van der Waals surface area contributed by atoms with Crippen LogP contribution in [0.5, 0.6) is 0 Å². The first-order chi connectivity index (χ1) is 8.06. The fraction of sp³-hybridized carbons (Fsp3) is 0.364. The number of hydrogen-bond acceptors (Lipinski definition) is 4. The number of aromatic nitrogens is 1. The van der Waals surface area contributed by atoms with Crippen LogP contribution in [0.15, 0.2) is 16.7 Å². The summed E-state index contributed by atoms with van der Waals surface area (Å²) in [7, 11) is 0. The summed E-state index contributed by atoms with van der Waals surface area (Å²) in [4.78, 5) is 6.79. The Kier molecular flexibility index (Phi) is 4.60. The summed E-state index contributed by atoms with van der Waals surface area (Å²) in [5.41, 5.74) is 0. The highest BCUT2D eigenvalue weighted by Crippen LogP contribution is 2.39. The minimum absolute atomic E-state index is 0.492. The number of nitrogens with zero attached hydrogens (tertiary/aromatic N) is 1. The molecule has 92 valence electrons. The smallest absolute Gasteiger partial charge is 0.133 e. The van der Waals surface area contributed by atoms with E-state index in [9.17, 15) is 0 Å². The van der Waals surface area contributed by atoms with Gasteiger partial charge in [-0.05, 0) is 22.0 Å². The van der Waals surface area contributed by atoms with Crippen molar-refractivity contribution in [2.24, 2.45) is 0 Å². The van der Waals surface area contributed by atoms with Crippen LogP contribution >= 0.6 is 50.2 Å². The van der Waals surface area contributed by atoms with Crippen molar-refractivity contribution in [3.8, 4) is 9.88 Å². The number of thiazole rings is 1. The van der Waals surface area contributed by atoms with Crippen LogP contribution in [0, 0.1) is 0 Å². The molecule has 0 aliphatic carbocycles. The van der Waals surface area contributed by atoms with Crippen molar-refractivity contribution in [1.82, 2.24) is 10.3 Å². The quantitative estimate of drug-likeness (QED) is 0.857. The Morgan fingerprint density at radius 3 is 2.82 bits per heavy atom. The summed E-state index contributed by atoms with van der Waals surface area (Å²) in [6.07, 6.45) is 1.93. The highest BCUT2D eigenvalue weighted by atomic mass is 79.9.